The summed E-state index contributed by atoms with van der Waals surface area (Å²) in [6.07, 6.45) is 0.780. The first kappa shape index (κ1) is 5.05. The largest absolute Gasteiger partial charge is 0.194 e. The molecule has 0 atom stereocenters. The summed E-state index contributed by atoms with van der Waals surface area (Å²) in [6.45, 7) is 8.07. The molecular formula is C5H5N. The lowest BCUT2D eigenvalue weighted by molar-refractivity contribution is 1.28. The fourth-order valence-corrected chi connectivity index (χ4v) is 0.119. The zero-order valence-electron chi connectivity index (χ0n) is 3.65. The Balaban J connectivity index is 3.22. The highest BCUT2D eigenvalue weighted by Gasteiger charge is 1.51. The van der Waals surface area contributed by atoms with Crippen LogP contribution in [0.5, 0.6) is 0 Å². The maximum absolute atomic E-state index is 6.16. The Labute approximate surface area is 37.8 Å². The number of nitrogens with zero attached hydrogens (tertiary/aromatic N) is 1. The summed E-state index contributed by atoms with van der Waals surface area (Å²) in [6, 6.07) is 2.24. The molecular weight excluding hydrogens is 74.1 g/mol. The molecule has 0 aliphatic heterocycles. The summed E-state index contributed by atoms with van der Waals surface area (Å²) in [5, 5.41) is 0. The SMILES string of the molecule is [C-]#[N+]C#CCC. The van der Waals surface area contributed by atoms with Gasteiger partial charge in [-0.25, -0.2) is 0 Å². The van der Waals surface area contributed by atoms with Crippen LogP contribution < -0.4 is 0 Å². The van der Waals surface area contributed by atoms with Crippen LogP contribution in [0.3, 0.4) is 0 Å². The van der Waals surface area contributed by atoms with Crippen LogP contribution in [0.1, 0.15) is 13.3 Å². The fraction of sp³-hybridized carbons (Fsp3) is 0.400. The van der Waals surface area contributed by atoms with Crippen LogP contribution in [0.15, 0.2) is 0 Å². The first-order valence-electron chi connectivity index (χ1n) is 1.76. The van der Waals surface area contributed by atoms with Crippen molar-refractivity contribution in [1.29, 1.82) is 0 Å². The lowest BCUT2D eigenvalue weighted by Gasteiger charge is -1.59. The summed E-state index contributed by atoms with van der Waals surface area (Å²) in [5.74, 6) is 2.59. The van der Waals surface area contributed by atoms with E-state index in [2.05, 4.69) is 16.8 Å². The van der Waals surface area contributed by atoms with Gasteiger partial charge in [-0.05, 0) is 6.42 Å². The standard InChI is InChI=1S/C5H5N/c1-3-4-5-6-2/h3H2,1H3. The molecule has 0 radical (unpaired) electrons. The van der Waals surface area contributed by atoms with E-state index in [1.807, 2.05) is 6.92 Å². The molecule has 0 rings (SSSR count). The van der Waals surface area contributed by atoms with Gasteiger partial charge in [0.25, 0.3) is 0 Å². The molecule has 0 aromatic carbocycles. The van der Waals surface area contributed by atoms with E-state index in [1.165, 1.54) is 0 Å². The number of hydrogen-bond donors (Lipinski definition) is 0. The predicted molar refractivity (Wildman–Crippen MR) is 24.7 cm³/mol. The molecule has 0 saturated heterocycles. The molecule has 1 nitrogen and oxygen atoms in total. The first-order valence-corrected chi connectivity index (χ1v) is 1.76. The van der Waals surface area contributed by atoms with E-state index in [1.54, 1.807) is 0 Å². The molecule has 0 aliphatic rings. The predicted octanol–water partition coefficient (Wildman–Crippen LogP) is 1.28. The van der Waals surface area contributed by atoms with Crippen LogP contribution in [0.2, 0.25) is 0 Å². The summed E-state index contributed by atoms with van der Waals surface area (Å²) in [5.41, 5.74) is 0. The molecule has 0 fully saturated rings. The van der Waals surface area contributed by atoms with Gasteiger partial charge < -0.3 is 0 Å². The third-order valence-electron chi connectivity index (χ3n) is 0.312. The molecule has 6 heavy (non-hydrogen) atoms. The van der Waals surface area contributed by atoms with Gasteiger partial charge in [-0.1, -0.05) is 6.92 Å². The molecule has 0 heterocycles. The Morgan fingerprint density at radius 3 is 2.67 bits per heavy atom. The zero-order valence-corrected chi connectivity index (χ0v) is 3.65. The molecule has 0 spiro atoms. The van der Waals surface area contributed by atoms with Crippen LogP contribution in [-0.4, -0.2) is 0 Å². The third kappa shape index (κ3) is 3.05. The van der Waals surface area contributed by atoms with E-state index in [-0.39, 0.29) is 0 Å². The maximum Gasteiger partial charge on any atom is 0.132 e. The van der Waals surface area contributed by atoms with E-state index in [9.17, 15) is 0 Å². The molecule has 1 heteroatoms. The van der Waals surface area contributed by atoms with Crippen molar-refractivity contribution in [2.75, 3.05) is 0 Å². The number of hydrogen-bond acceptors (Lipinski definition) is 0. The Hall–Kier alpha value is -0.950. The highest BCUT2D eigenvalue weighted by Crippen LogP contribution is 1.64. The summed E-state index contributed by atoms with van der Waals surface area (Å²) < 4.78 is 0. The molecule has 0 amide bonds. The van der Waals surface area contributed by atoms with E-state index in [0.29, 0.717) is 0 Å². The first-order chi connectivity index (χ1) is 2.91. The van der Waals surface area contributed by atoms with Gasteiger partial charge in [0.2, 0.25) is 0 Å². The quantitative estimate of drug-likeness (QED) is 0.304. The summed E-state index contributed by atoms with van der Waals surface area (Å²) in [4.78, 5) is 2.81. The van der Waals surface area contributed by atoms with Crippen LogP contribution in [0, 0.1) is 18.5 Å². The van der Waals surface area contributed by atoms with Crippen LogP contribution in [0.4, 0.5) is 0 Å². The van der Waals surface area contributed by atoms with Crippen molar-refractivity contribution in [2.24, 2.45) is 0 Å². The van der Waals surface area contributed by atoms with E-state index >= 15 is 0 Å². The Kier molecular flexibility index (Phi) is 3.41. The van der Waals surface area contributed by atoms with Gasteiger partial charge in [0.1, 0.15) is 12.6 Å². The van der Waals surface area contributed by atoms with Gasteiger partial charge in [0.15, 0.2) is 0 Å². The van der Waals surface area contributed by atoms with Crippen molar-refractivity contribution < 1.29 is 0 Å². The highest BCUT2D eigenvalue weighted by atomic mass is 14.6. The van der Waals surface area contributed by atoms with Crippen molar-refractivity contribution in [3.8, 4) is 12.0 Å². The summed E-state index contributed by atoms with van der Waals surface area (Å²) in [7, 11) is 0. The van der Waals surface area contributed by atoms with Gasteiger partial charge >= 0.3 is 0 Å². The Morgan fingerprint density at radius 2 is 2.50 bits per heavy atom. The van der Waals surface area contributed by atoms with E-state index < -0.39 is 0 Å². The second-order valence-electron chi connectivity index (χ2n) is 0.754. The average molecular weight is 79.1 g/mol. The van der Waals surface area contributed by atoms with Gasteiger partial charge in [0, 0.05) is 0 Å². The van der Waals surface area contributed by atoms with Crippen molar-refractivity contribution in [2.45, 2.75) is 13.3 Å². The molecule has 0 N–H and O–H groups in total. The Bertz CT molecular complexity index is 108. The van der Waals surface area contributed by atoms with E-state index in [0.717, 1.165) is 6.42 Å². The minimum Gasteiger partial charge on any atom is -0.194 e. The van der Waals surface area contributed by atoms with Crippen molar-refractivity contribution in [1.82, 2.24) is 0 Å². The second-order valence-corrected chi connectivity index (χ2v) is 0.754. The highest BCUT2D eigenvalue weighted by molar-refractivity contribution is 5.04. The maximum atomic E-state index is 6.16. The van der Waals surface area contributed by atoms with Gasteiger partial charge in [-0.15, -0.1) is 5.92 Å². The number of rotatable bonds is 0. The molecule has 30 valence electrons. The molecule has 0 bridgehead atoms. The Morgan fingerprint density at radius 1 is 1.83 bits per heavy atom. The lowest BCUT2D eigenvalue weighted by Crippen LogP contribution is -1.45. The molecule has 0 aromatic rings. The normalized spacial score (nSPS) is 4.67. The monoisotopic (exact) mass is 79.0 g/mol. The summed E-state index contributed by atoms with van der Waals surface area (Å²) >= 11 is 0. The molecule has 0 aromatic heterocycles. The third-order valence-corrected chi connectivity index (χ3v) is 0.312. The van der Waals surface area contributed by atoms with Gasteiger partial charge in [-0.2, -0.15) is 4.85 Å². The minimum absolute atomic E-state index is 0.780. The smallest absolute Gasteiger partial charge is 0.132 e. The van der Waals surface area contributed by atoms with Crippen molar-refractivity contribution >= 4 is 0 Å². The average Bonchev–Trinajstić information content (AvgIpc) is 1.61. The van der Waals surface area contributed by atoms with Crippen LogP contribution in [-0.2, 0) is 0 Å². The van der Waals surface area contributed by atoms with Crippen LogP contribution >= 0.6 is 0 Å². The minimum atomic E-state index is 0.780. The van der Waals surface area contributed by atoms with E-state index in [4.69, 9.17) is 6.57 Å². The topological polar surface area (TPSA) is 4.36 Å². The van der Waals surface area contributed by atoms with Gasteiger partial charge in [-0.3, -0.25) is 0 Å². The zero-order chi connectivity index (χ0) is 4.83. The molecule has 0 aliphatic carbocycles. The second kappa shape index (κ2) is 4.05. The molecule has 0 unspecified atom stereocenters. The molecule has 0 saturated carbocycles. The van der Waals surface area contributed by atoms with Gasteiger partial charge in [0.05, 0.1) is 0 Å². The van der Waals surface area contributed by atoms with Crippen molar-refractivity contribution in [3.63, 3.8) is 0 Å². The lowest BCUT2D eigenvalue weighted by atomic mass is 10.5. The fourth-order valence-electron chi connectivity index (χ4n) is 0.119. The van der Waals surface area contributed by atoms with Crippen LogP contribution in [0.25, 0.3) is 4.85 Å². The van der Waals surface area contributed by atoms with Crippen molar-refractivity contribution in [3.05, 3.63) is 11.4 Å².